The second kappa shape index (κ2) is 8.13. The van der Waals surface area contributed by atoms with Crippen molar-refractivity contribution in [2.75, 3.05) is 11.1 Å². The van der Waals surface area contributed by atoms with Crippen LogP contribution in [0.1, 0.15) is 17.3 Å². The molecular weight excluding hydrogens is 367 g/mol. The number of carbonyl (C=O) groups is 2. The molecule has 138 valence electrons. The summed E-state index contributed by atoms with van der Waals surface area (Å²) >= 11 is 1.23. The van der Waals surface area contributed by atoms with Crippen molar-refractivity contribution in [3.63, 3.8) is 0 Å². The lowest BCUT2D eigenvalue weighted by atomic mass is 10.1. The number of carbonyl (C=O) groups excluding carboxylic acids is 2. The van der Waals surface area contributed by atoms with Gasteiger partial charge in [0.25, 0.3) is 0 Å². The fraction of sp³-hybridized carbons (Fsp3) is 0.158. The summed E-state index contributed by atoms with van der Waals surface area (Å²) in [4.78, 5) is 23.9. The third-order valence-electron chi connectivity index (χ3n) is 3.85. The highest BCUT2D eigenvalue weighted by Gasteiger charge is 2.14. The first-order chi connectivity index (χ1) is 13.0. The Labute approximate surface area is 159 Å². The molecular formula is C19H17FN4O2S. The van der Waals surface area contributed by atoms with E-state index in [4.69, 9.17) is 0 Å². The van der Waals surface area contributed by atoms with Crippen molar-refractivity contribution in [2.45, 2.75) is 12.1 Å². The van der Waals surface area contributed by atoms with Gasteiger partial charge in [0.2, 0.25) is 5.91 Å². The smallest absolute Gasteiger partial charge is 0.234 e. The Morgan fingerprint density at radius 1 is 1.11 bits per heavy atom. The molecule has 0 aliphatic carbocycles. The van der Waals surface area contributed by atoms with E-state index in [1.165, 1.54) is 30.8 Å². The van der Waals surface area contributed by atoms with Crippen LogP contribution in [0, 0.1) is 5.82 Å². The number of ketones is 1. The van der Waals surface area contributed by atoms with E-state index >= 15 is 0 Å². The summed E-state index contributed by atoms with van der Waals surface area (Å²) in [6.07, 6.45) is 0. The Bertz CT molecular complexity index is 986. The quantitative estimate of drug-likeness (QED) is 0.519. The maximum absolute atomic E-state index is 13.1. The third kappa shape index (κ3) is 4.40. The molecule has 0 atom stereocenters. The van der Waals surface area contributed by atoms with Gasteiger partial charge in [0.1, 0.15) is 5.82 Å². The maximum atomic E-state index is 13.1. The standard InChI is InChI=1S/C19H17FN4O2S/c1-12(25)15-5-3-4-6-16(15)21-17(26)11-27-19-23-22-18(24(19)2)13-7-9-14(20)10-8-13/h3-10H,11H2,1-2H3,(H,21,26). The highest BCUT2D eigenvalue weighted by molar-refractivity contribution is 7.99. The van der Waals surface area contributed by atoms with Crippen LogP contribution >= 0.6 is 11.8 Å². The van der Waals surface area contributed by atoms with E-state index in [0.29, 0.717) is 22.2 Å². The summed E-state index contributed by atoms with van der Waals surface area (Å²) < 4.78 is 14.8. The van der Waals surface area contributed by atoms with Gasteiger partial charge in [0, 0.05) is 18.2 Å². The Balaban J connectivity index is 1.66. The van der Waals surface area contributed by atoms with Crippen molar-refractivity contribution in [3.05, 3.63) is 59.9 Å². The SMILES string of the molecule is CC(=O)c1ccccc1NC(=O)CSc1nnc(-c2ccc(F)cc2)n1C. The molecule has 1 heterocycles. The maximum Gasteiger partial charge on any atom is 0.234 e. The number of Topliss-reactive ketones (excluding diaryl/α,β-unsaturated/α-hetero) is 1. The molecule has 0 aliphatic heterocycles. The van der Waals surface area contributed by atoms with Gasteiger partial charge in [-0.1, -0.05) is 23.9 Å². The Kier molecular flexibility index (Phi) is 5.66. The largest absolute Gasteiger partial charge is 0.325 e. The summed E-state index contributed by atoms with van der Waals surface area (Å²) in [7, 11) is 1.78. The van der Waals surface area contributed by atoms with Crippen molar-refractivity contribution in [3.8, 4) is 11.4 Å². The summed E-state index contributed by atoms with van der Waals surface area (Å²) in [5.74, 6) is 0.00966. The van der Waals surface area contributed by atoms with E-state index in [-0.39, 0.29) is 23.3 Å². The molecule has 27 heavy (non-hydrogen) atoms. The number of amides is 1. The van der Waals surface area contributed by atoms with Crippen molar-refractivity contribution < 1.29 is 14.0 Å². The van der Waals surface area contributed by atoms with Gasteiger partial charge in [0.05, 0.1) is 11.4 Å². The number of hydrogen-bond acceptors (Lipinski definition) is 5. The third-order valence-corrected chi connectivity index (χ3v) is 4.87. The molecule has 6 nitrogen and oxygen atoms in total. The molecule has 0 fully saturated rings. The average molecular weight is 384 g/mol. The minimum atomic E-state index is -0.321. The predicted molar refractivity (Wildman–Crippen MR) is 102 cm³/mol. The fourth-order valence-electron chi connectivity index (χ4n) is 2.51. The number of halogens is 1. The van der Waals surface area contributed by atoms with E-state index in [1.54, 1.807) is 48.0 Å². The number of nitrogens with zero attached hydrogens (tertiary/aromatic N) is 3. The normalized spacial score (nSPS) is 10.6. The van der Waals surface area contributed by atoms with Crippen LogP contribution in [-0.4, -0.2) is 32.2 Å². The molecule has 0 spiro atoms. The first-order valence-corrected chi connectivity index (χ1v) is 9.12. The lowest BCUT2D eigenvalue weighted by Gasteiger charge is -2.08. The minimum Gasteiger partial charge on any atom is -0.325 e. The van der Waals surface area contributed by atoms with E-state index in [9.17, 15) is 14.0 Å². The van der Waals surface area contributed by atoms with E-state index < -0.39 is 0 Å². The van der Waals surface area contributed by atoms with Gasteiger partial charge in [-0.05, 0) is 43.3 Å². The van der Waals surface area contributed by atoms with Gasteiger partial charge in [0.15, 0.2) is 16.8 Å². The summed E-state index contributed by atoms with van der Waals surface area (Å²) in [5, 5.41) is 11.5. The Hall–Kier alpha value is -3.00. The molecule has 3 rings (SSSR count). The molecule has 0 saturated carbocycles. The number of hydrogen-bond donors (Lipinski definition) is 1. The molecule has 1 N–H and O–H groups in total. The summed E-state index contributed by atoms with van der Waals surface area (Å²) in [6.45, 7) is 1.45. The summed E-state index contributed by atoms with van der Waals surface area (Å²) in [6, 6.07) is 12.8. The topological polar surface area (TPSA) is 76.9 Å². The molecule has 2 aromatic carbocycles. The molecule has 3 aromatic rings. The van der Waals surface area contributed by atoms with Crippen LogP contribution in [0.15, 0.2) is 53.7 Å². The zero-order valence-electron chi connectivity index (χ0n) is 14.8. The first-order valence-electron chi connectivity index (χ1n) is 8.13. The van der Waals surface area contributed by atoms with E-state index in [1.807, 2.05) is 0 Å². The van der Waals surface area contributed by atoms with Crippen LogP contribution in [-0.2, 0) is 11.8 Å². The van der Waals surface area contributed by atoms with Crippen molar-refractivity contribution in [1.29, 1.82) is 0 Å². The molecule has 0 saturated heterocycles. The number of para-hydroxylation sites is 1. The predicted octanol–water partition coefficient (Wildman–Crippen LogP) is 3.55. The zero-order valence-corrected chi connectivity index (χ0v) is 15.6. The van der Waals surface area contributed by atoms with Crippen LogP contribution in [0.3, 0.4) is 0 Å². The Morgan fingerprint density at radius 3 is 2.52 bits per heavy atom. The molecule has 0 aliphatic rings. The number of anilines is 1. The minimum absolute atomic E-state index is 0.113. The molecule has 1 amide bonds. The number of thioether (sulfide) groups is 1. The Morgan fingerprint density at radius 2 is 1.81 bits per heavy atom. The number of rotatable bonds is 6. The van der Waals surface area contributed by atoms with Gasteiger partial charge in [-0.3, -0.25) is 9.59 Å². The van der Waals surface area contributed by atoms with Gasteiger partial charge in [-0.25, -0.2) is 4.39 Å². The van der Waals surface area contributed by atoms with Crippen LogP contribution < -0.4 is 5.32 Å². The van der Waals surface area contributed by atoms with Crippen molar-refractivity contribution >= 4 is 29.1 Å². The van der Waals surface area contributed by atoms with Gasteiger partial charge >= 0.3 is 0 Å². The van der Waals surface area contributed by atoms with Crippen LogP contribution in [0.25, 0.3) is 11.4 Å². The molecule has 0 bridgehead atoms. The fourth-order valence-corrected chi connectivity index (χ4v) is 3.22. The zero-order chi connectivity index (χ0) is 19.4. The van der Waals surface area contributed by atoms with Gasteiger partial charge in [-0.2, -0.15) is 0 Å². The molecule has 1 aromatic heterocycles. The second-order valence-electron chi connectivity index (χ2n) is 5.81. The van der Waals surface area contributed by atoms with E-state index in [0.717, 1.165) is 5.56 Å². The monoisotopic (exact) mass is 384 g/mol. The molecule has 8 heteroatoms. The van der Waals surface area contributed by atoms with Gasteiger partial charge in [-0.15, -0.1) is 10.2 Å². The van der Waals surface area contributed by atoms with Gasteiger partial charge < -0.3 is 9.88 Å². The number of benzene rings is 2. The van der Waals surface area contributed by atoms with Crippen LogP contribution in [0.4, 0.5) is 10.1 Å². The van der Waals surface area contributed by atoms with E-state index in [2.05, 4.69) is 15.5 Å². The molecule has 0 radical (unpaired) electrons. The second-order valence-corrected chi connectivity index (χ2v) is 6.75. The van der Waals surface area contributed by atoms with Crippen LogP contribution in [0.5, 0.6) is 0 Å². The summed E-state index contributed by atoms with van der Waals surface area (Å²) in [5.41, 5.74) is 1.69. The highest BCUT2D eigenvalue weighted by Crippen LogP contribution is 2.23. The average Bonchev–Trinajstić information content (AvgIpc) is 3.01. The highest BCUT2D eigenvalue weighted by atomic mass is 32.2. The molecule has 0 unspecified atom stereocenters. The van der Waals surface area contributed by atoms with Crippen LogP contribution in [0.2, 0.25) is 0 Å². The lowest BCUT2D eigenvalue weighted by molar-refractivity contribution is -0.113. The number of aromatic nitrogens is 3. The van der Waals surface area contributed by atoms with Crippen molar-refractivity contribution in [1.82, 2.24) is 14.8 Å². The van der Waals surface area contributed by atoms with Crippen molar-refractivity contribution in [2.24, 2.45) is 7.05 Å². The lowest BCUT2D eigenvalue weighted by Crippen LogP contribution is -2.16. The first kappa shape index (κ1) is 18.8. The number of nitrogens with one attached hydrogen (secondary N) is 1.